The lowest BCUT2D eigenvalue weighted by Crippen LogP contribution is -2.38. The predicted molar refractivity (Wildman–Crippen MR) is 132 cm³/mol. The van der Waals surface area contributed by atoms with E-state index in [2.05, 4.69) is 18.7 Å². The molecule has 0 aliphatic carbocycles. The van der Waals surface area contributed by atoms with Crippen molar-refractivity contribution in [3.05, 3.63) is 35.9 Å². The molecule has 0 radical (unpaired) electrons. The van der Waals surface area contributed by atoms with E-state index in [1.807, 2.05) is 12.1 Å². The Balaban J connectivity index is 0.00000306. The zero-order chi connectivity index (χ0) is 22.7. The highest BCUT2D eigenvalue weighted by molar-refractivity contribution is 7.22. The number of likely N-dealkylation sites (N-methyl/N-ethyl adjacent to an activating group) is 1. The molecule has 1 aromatic heterocycles. The van der Waals surface area contributed by atoms with E-state index in [9.17, 15) is 4.79 Å². The molecule has 1 aliphatic heterocycles. The maximum Gasteiger partial charge on any atom is 0.260 e. The van der Waals surface area contributed by atoms with E-state index in [1.165, 1.54) is 11.3 Å². The largest absolute Gasteiger partial charge is 0.495 e. The fourth-order valence-electron chi connectivity index (χ4n) is 3.64. The molecule has 178 valence electrons. The molecule has 8 nitrogen and oxygen atoms in total. The Hall–Kier alpha value is -2.75. The normalized spacial score (nSPS) is 12.0. The fourth-order valence-corrected chi connectivity index (χ4v) is 4.74. The van der Waals surface area contributed by atoms with Crippen LogP contribution in [0.5, 0.6) is 23.0 Å². The SMILES string of the molecule is CCN(CC)CCN(C(=O)c1ccc2c(c1)OCO2)c1nc2c(OC)ccc(OC)c2s1.Cl. The number of methoxy groups -OCH3 is 2. The van der Waals surface area contributed by atoms with Crippen molar-refractivity contribution in [2.45, 2.75) is 13.8 Å². The van der Waals surface area contributed by atoms with Gasteiger partial charge in [-0.1, -0.05) is 25.2 Å². The van der Waals surface area contributed by atoms with Crippen molar-refractivity contribution in [3.63, 3.8) is 0 Å². The minimum atomic E-state index is -0.146. The monoisotopic (exact) mass is 493 g/mol. The van der Waals surface area contributed by atoms with Crippen LogP contribution in [0.2, 0.25) is 0 Å². The molecule has 1 amide bonds. The molecule has 0 fully saturated rings. The first-order valence-corrected chi connectivity index (χ1v) is 11.4. The van der Waals surface area contributed by atoms with Gasteiger partial charge in [-0.15, -0.1) is 12.4 Å². The number of thiazole rings is 1. The van der Waals surface area contributed by atoms with Gasteiger partial charge >= 0.3 is 0 Å². The van der Waals surface area contributed by atoms with Crippen LogP contribution in [0, 0.1) is 0 Å². The highest BCUT2D eigenvalue weighted by Gasteiger charge is 2.26. The van der Waals surface area contributed by atoms with Crippen molar-refractivity contribution in [3.8, 4) is 23.0 Å². The van der Waals surface area contributed by atoms with Gasteiger partial charge in [0.2, 0.25) is 6.79 Å². The van der Waals surface area contributed by atoms with Crippen molar-refractivity contribution in [2.24, 2.45) is 0 Å². The van der Waals surface area contributed by atoms with Gasteiger partial charge in [-0.2, -0.15) is 0 Å². The van der Waals surface area contributed by atoms with Gasteiger partial charge in [0.25, 0.3) is 5.91 Å². The molecule has 2 heterocycles. The Morgan fingerprint density at radius 1 is 1.03 bits per heavy atom. The molecule has 33 heavy (non-hydrogen) atoms. The summed E-state index contributed by atoms with van der Waals surface area (Å²) < 4.78 is 22.7. The molecule has 2 aromatic carbocycles. The van der Waals surface area contributed by atoms with Crippen LogP contribution >= 0.6 is 23.7 Å². The van der Waals surface area contributed by atoms with Gasteiger partial charge in [-0.05, 0) is 43.4 Å². The molecule has 0 bridgehead atoms. The van der Waals surface area contributed by atoms with E-state index in [0.717, 1.165) is 24.3 Å². The number of halogens is 1. The average molecular weight is 494 g/mol. The first-order chi connectivity index (χ1) is 15.6. The second kappa shape index (κ2) is 10.9. The first-order valence-electron chi connectivity index (χ1n) is 10.5. The molecular formula is C23H28ClN3O5S. The standard InChI is InChI=1S/C23H27N3O5S.ClH/c1-5-25(6-2)11-12-26(22(27)15-7-8-16-19(13-15)31-14-30-16)23-24-20-17(28-3)9-10-18(29-4)21(20)32-23;/h7-10,13H,5-6,11-12,14H2,1-4H3;1H. The van der Waals surface area contributed by atoms with Crippen molar-refractivity contribution in [2.75, 3.05) is 52.1 Å². The van der Waals surface area contributed by atoms with Crippen LogP contribution < -0.4 is 23.8 Å². The number of fused-ring (bicyclic) bond motifs is 2. The highest BCUT2D eigenvalue weighted by atomic mass is 35.5. The molecule has 0 unspecified atom stereocenters. The summed E-state index contributed by atoms with van der Waals surface area (Å²) in [6, 6.07) is 8.93. The second-order valence-electron chi connectivity index (χ2n) is 7.20. The number of anilines is 1. The summed E-state index contributed by atoms with van der Waals surface area (Å²) >= 11 is 1.42. The molecule has 4 rings (SSSR count). The van der Waals surface area contributed by atoms with Gasteiger partial charge in [0.1, 0.15) is 21.7 Å². The number of aromatic nitrogens is 1. The lowest BCUT2D eigenvalue weighted by molar-refractivity contribution is 0.0983. The molecule has 0 N–H and O–H groups in total. The summed E-state index contributed by atoms with van der Waals surface area (Å²) in [6.45, 7) is 7.43. The molecule has 0 spiro atoms. The molecule has 0 saturated heterocycles. The average Bonchev–Trinajstić information content (AvgIpc) is 3.47. The van der Waals surface area contributed by atoms with E-state index in [0.29, 0.717) is 45.8 Å². The summed E-state index contributed by atoms with van der Waals surface area (Å²) in [4.78, 5) is 22.4. The molecule has 10 heteroatoms. The molecule has 0 saturated carbocycles. The minimum Gasteiger partial charge on any atom is -0.495 e. The van der Waals surface area contributed by atoms with Crippen LogP contribution in [0.4, 0.5) is 5.13 Å². The summed E-state index contributed by atoms with van der Waals surface area (Å²) in [5.74, 6) is 2.41. The topological polar surface area (TPSA) is 73.4 Å². The van der Waals surface area contributed by atoms with Crippen molar-refractivity contribution >= 4 is 45.0 Å². The van der Waals surface area contributed by atoms with E-state index < -0.39 is 0 Å². The van der Waals surface area contributed by atoms with E-state index in [4.69, 9.17) is 23.9 Å². The van der Waals surface area contributed by atoms with E-state index in [1.54, 1.807) is 37.3 Å². The quantitative estimate of drug-likeness (QED) is 0.436. The Labute approximate surface area is 203 Å². The Bertz CT molecular complexity index is 1080. The van der Waals surface area contributed by atoms with Crippen LogP contribution in [0.15, 0.2) is 30.3 Å². The van der Waals surface area contributed by atoms with Gasteiger partial charge in [0.15, 0.2) is 16.6 Å². The fraction of sp³-hybridized carbons (Fsp3) is 0.391. The van der Waals surface area contributed by atoms with E-state index in [-0.39, 0.29) is 25.1 Å². The van der Waals surface area contributed by atoms with Gasteiger partial charge in [0, 0.05) is 18.7 Å². The lowest BCUT2D eigenvalue weighted by Gasteiger charge is -2.24. The van der Waals surface area contributed by atoms with Gasteiger partial charge in [0.05, 0.1) is 14.2 Å². The number of hydrogen-bond acceptors (Lipinski definition) is 8. The third kappa shape index (κ3) is 4.95. The Kier molecular flexibility index (Phi) is 8.23. The molecular weight excluding hydrogens is 466 g/mol. The zero-order valence-corrected chi connectivity index (χ0v) is 20.8. The number of benzene rings is 2. The predicted octanol–water partition coefficient (Wildman–Crippen LogP) is 4.45. The third-order valence-electron chi connectivity index (χ3n) is 5.53. The molecule has 1 aliphatic rings. The van der Waals surface area contributed by atoms with Crippen LogP contribution in [0.25, 0.3) is 10.2 Å². The van der Waals surface area contributed by atoms with Crippen molar-refractivity contribution in [1.29, 1.82) is 0 Å². The Morgan fingerprint density at radius 2 is 1.73 bits per heavy atom. The molecule has 0 atom stereocenters. The van der Waals surface area contributed by atoms with Crippen molar-refractivity contribution < 1.29 is 23.7 Å². The number of carbonyl (C=O) groups excluding carboxylic acids is 1. The van der Waals surface area contributed by atoms with Crippen LogP contribution in [0.1, 0.15) is 24.2 Å². The lowest BCUT2D eigenvalue weighted by atomic mass is 10.1. The highest BCUT2D eigenvalue weighted by Crippen LogP contribution is 2.41. The van der Waals surface area contributed by atoms with Crippen LogP contribution in [0.3, 0.4) is 0 Å². The first kappa shape index (κ1) is 24.9. The number of carbonyl (C=O) groups is 1. The number of nitrogens with zero attached hydrogens (tertiary/aromatic N) is 3. The van der Waals surface area contributed by atoms with Crippen LogP contribution in [-0.2, 0) is 0 Å². The third-order valence-corrected chi connectivity index (χ3v) is 6.62. The van der Waals surface area contributed by atoms with Crippen LogP contribution in [-0.4, -0.2) is 63.0 Å². The van der Waals surface area contributed by atoms with Crippen molar-refractivity contribution in [1.82, 2.24) is 9.88 Å². The second-order valence-corrected chi connectivity index (χ2v) is 8.17. The maximum atomic E-state index is 13.6. The van der Waals surface area contributed by atoms with Gasteiger partial charge in [-0.3, -0.25) is 9.69 Å². The molecule has 3 aromatic rings. The summed E-state index contributed by atoms with van der Waals surface area (Å²) in [5, 5.41) is 0.595. The number of rotatable bonds is 9. The Morgan fingerprint density at radius 3 is 2.42 bits per heavy atom. The summed E-state index contributed by atoms with van der Waals surface area (Å²) in [6.07, 6.45) is 0. The minimum absolute atomic E-state index is 0. The van der Waals surface area contributed by atoms with E-state index >= 15 is 0 Å². The number of ether oxygens (including phenoxy) is 4. The number of hydrogen-bond donors (Lipinski definition) is 0. The maximum absolute atomic E-state index is 13.6. The van der Waals surface area contributed by atoms with Gasteiger partial charge in [-0.25, -0.2) is 4.98 Å². The summed E-state index contributed by atoms with van der Waals surface area (Å²) in [7, 11) is 3.23. The zero-order valence-electron chi connectivity index (χ0n) is 19.1. The smallest absolute Gasteiger partial charge is 0.260 e. The summed E-state index contributed by atoms with van der Waals surface area (Å²) in [5.41, 5.74) is 1.20. The number of amides is 1. The van der Waals surface area contributed by atoms with Gasteiger partial charge < -0.3 is 23.8 Å².